The van der Waals surface area contributed by atoms with Crippen LogP contribution in [0.25, 0.3) is 16.7 Å². The number of nitrogens with one attached hydrogen (secondary N) is 1. The average molecular weight is 380 g/mol. The monoisotopic (exact) mass is 380 g/mol. The molecule has 0 aliphatic heterocycles. The van der Waals surface area contributed by atoms with Crippen LogP contribution in [-0.2, 0) is 0 Å². The van der Waals surface area contributed by atoms with Gasteiger partial charge in [0.05, 0.1) is 23.5 Å². The Balaban J connectivity index is 1.52. The Morgan fingerprint density at radius 1 is 1.04 bits per heavy atom. The zero-order valence-electron chi connectivity index (χ0n) is 14.4. The number of ether oxygens (including phenoxy) is 1. The summed E-state index contributed by atoms with van der Waals surface area (Å²) in [4.78, 5) is 8.50. The van der Waals surface area contributed by atoms with Gasteiger partial charge in [-0.25, -0.2) is 14.6 Å². The van der Waals surface area contributed by atoms with Gasteiger partial charge in [0.1, 0.15) is 12.1 Å². The van der Waals surface area contributed by atoms with Crippen molar-refractivity contribution in [3.8, 4) is 11.4 Å². The molecule has 0 atom stereocenters. The van der Waals surface area contributed by atoms with Crippen LogP contribution in [0, 0.1) is 0 Å². The minimum atomic E-state index is -2.85. The summed E-state index contributed by atoms with van der Waals surface area (Å²) in [5.41, 5.74) is 5.10. The number of nitrogens with zero attached hydrogens (tertiary/aromatic N) is 5. The lowest BCUT2D eigenvalue weighted by molar-refractivity contribution is -0.0498. The molecule has 0 amide bonds. The molecular weight excluding hydrogens is 366 g/mol. The fourth-order valence-corrected chi connectivity index (χ4v) is 2.59. The predicted molar refractivity (Wildman–Crippen MR) is 101 cm³/mol. The topological polar surface area (TPSA) is 77.2 Å². The van der Waals surface area contributed by atoms with Crippen LogP contribution >= 0.6 is 0 Å². The zero-order chi connectivity index (χ0) is 19.3. The second kappa shape index (κ2) is 7.78. The van der Waals surface area contributed by atoms with Crippen molar-refractivity contribution in [2.24, 2.45) is 5.10 Å². The quantitative estimate of drug-likeness (QED) is 0.406. The van der Waals surface area contributed by atoms with E-state index in [9.17, 15) is 8.78 Å². The van der Waals surface area contributed by atoms with E-state index in [0.717, 1.165) is 5.69 Å². The Morgan fingerprint density at radius 3 is 2.57 bits per heavy atom. The van der Waals surface area contributed by atoms with Gasteiger partial charge in [-0.3, -0.25) is 5.43 Å². The number of hydrogen-bond donors (Lipinski definition) is 1. The molecule has 2 heterocycles. The van der Waals surface area contributed by atoms with Crippen LogP contribution in [0.5, 0.6) is 5.75 Å². The lowest BCUT2D eigenvalue weighted by Crippen LogP contribution is -2.01. The lowest BCUT2D eigenvalue weighted by atomic mass is 10.2. The maximum Gasteiger partial charge on any atom is 0.387 e. The van der Waals surface area contributed by atoms with Crippen molar-refractivity contribution < 1.29 is 13.5 Å². The molecule has 2 aromatic carbocycles. The third-order valence-electron chi connectivity index (χ3n) is 3.86. The molecule has 4 rings (SSSR count). The molecule has 0 unspecified atom stereocenters. The minimum absolute atomic E-state index is 0.0888. The van der Waals surface area contributed by atoms with E-state index in [1.165, 1.54) is 18.5 Å². The minimum Gasteiger partial charge on any atom is -0.435 e. The van der Waals surface area contributed by atoms with Crippen molar-refractivity contribution in [3.05, 3.63) is 72.7 Å². The van der Waals surface area contributed by atoms with E-state index in [2.05, 4.69) is 30.3 Å². The highest BCUT2D eigenvalue weighted by Gasteiger charge is 2.10. The molecule has 0 saturated heterocycles. The Hall–Kier alpha value is -3.88. The molecule has 4 aromatic rings. The van der Waals surface area contributed by atoms with Crippen molar-refractivity contribution in [1.82, 2.24) is 19.7 Å². The van der Waals surface area contributed by atoms with Crippen LogP contribution in [0.2, 0.25) is 0 Å². The van der Waals surface area contributed by atoms with Crippen molar-refractivity contribution in [1.29, 1.82) is 0 Å². The number of aromatic nitrogens is 4. The standard InChI is InChI=1S/C19H14F2N6O/c20-19(21)28-15-8-6-13(7-9-15)10-24-26-17-16-11-25-27(18(16)23-12-22-17)14-4-2-1-3-5-14/h1-12,19H,(H,22,23,26)/b24-10+. The van der Waals surface area contributed by atoms with Gasteiger partial charge in [0.25, 0.3) is 0 Å². The van der Waals surface area contributed by atoms with Gasteiger partial charge < -0.3 is 4.74 Å². The Bertz CT molecular complexity index is 1100. The molecule has 0 saturated carbocycles. The summed E-state index contributed by atoms with van der Waals surface area (Å²) in [6.07, 6.45) is 4.64. The molecule has 0 bridgehead atoms. The Kier molecular flexibility index (Phi) is 4.87. The van der Waals surface area contributed by atoms with Crippen molar-refractivity contribution in [3.63, 3.8) is 0 Å². The maximum atomic E-state index is 12.2. The number of para-hydroxylation sites is 1. The molecule has 140 valence electrons. The van der Waals surface area contributed by atoms with Crippen LogP contribution in [0.1, 0.15) is 5.56 Å². The molecule has 0 spiro atoms. The molecule has 0 aliphatic carbocycles. The van der Waals surface area contributed by atoms with Gasteiger partial charge >= 0.3 is 6.61 Å². The van der Waals surface area contributed by atoms with Crippen molar-refractivity contribution in [2.75, 3.05) is 5.43 Å². The normalized spacial score (nSPS) is 11.4. The largest absolute Gasteiger partial charge is 0.435 e. The third kappa shape index (κ3) is 3.78. The van der Waals surface area contributed by atoms with E-state index < -0.39 is 6.61 Å². The number of halogens is 2. The van der Waals surface area contributed by atoms with Crippen LogP contribution in [-0.4, -0.2) is 32.6 Å². The van der Waals surface area contributed by atoms with E-state index >= 15 is 0 Å². The molecule has 0 radical (unpaired) electrons. The second-order valence-electron chi connectivity index (χ2n) is 5.67. The number of fused-ring (bicyclic) bond motifs is 1. The maximum absolute atomic E-state index is 12.2. The summed E-state index contributed by atoms with van der Waals surface area (Å²) >= 11 is 0. The van der Waals surface area contributed by atoms with Gasteiger partial charge in [0, 0.05) is 0 Å². The Labute approximate surface area is 158 Å². The number of hydrazone groups is 1. The van der Waals surface area contributed by atoms with E-state index in [1.807, 2.05) is 30.3 Å². The summed E-state index contributed by atoms with van der Waals surface area (Å²) in [6.45, 7) is -2.85. The fourth-order valence-electron chi connectivity index (χ4n) is 2.59. The van der Waals surface area contributed by atoms with Crippen molar-refractivity contribution in [2.45, 2.75) is 6.61 Å². The van der Waals surface area contributed by atoms with Crippen molar-refractivity contribution >= 4 is 23.1 Å². The highest BCUT2D eigenvalue weighted by molar-refractivity contribution is 5.88. The van der Waals surface area contributed by atoms with Crippen LogP contribution < -0.4 is 10.2 Å². The van der Waals surface area contributed by atoms with Crippen LogP contribution in [0.15, 0.2) is 72.2 Å². The molecular formula is C19H14F2N6O. The highest BCUT2D eigenvalue weighted by atomic mass is 19.3. The molecule has 28 heavy (non-hydrogen) atoms. The van der Waals surface area contributed by atoms with Gasteiger partial charge in [0.2, 0.25) is 0 Å². The number of rotatable bonds is 6. The summed E-state index contributed by atoms with van der Waals surface area (Å²) in [5, 5.41) is 9.23. The zero-order valence-corrected chi connectivity index (χ0v) is 14.4. The second-order valence-corrected chi connectivity index (χ2v) is 5.67. The van der Waals surface area contributed by atoms with E-state index in [1.54, 1.807) is 29.2 Å². The van der Waals surface area contributed by atoms with Gasteiger partial charge in [-0.2, -0.15) is 19.0 Å². The lowest BCUT2D eigenvalue weighted by Gasteiger charge is -2.04. The smallest absolute Gasteiger partial charge is 0.387 e. The Morgan fingerprint density at radius 2 is 1.82 bits per heavy atom. The number of anilines is 1. The average Bonchev–Trinajstić information content (AvgIpc) is 3.15. The molecule has 1 N–H and O–H groups in total. The number of benzene rings is 2. The first-order chi connectivity index (χ1) is 13.7. The van der Waals surface area contributed by atoms with E-state index in [-0.39, 0.29) is 5.75 Å². The summed E-state index contributed by atoms with van der Waals surface area (Å²) in [7, 11) is 0. The SMILES string of the molecule is FC(F)Oc1ccc(/C=N/Nc2ncnc3c2cnn3-c2ccccc2)cc1. The van der Waals surface area contributed by atoms with Gasteiger partial charge in [-0.05, 0) is 42.0 Å². The summed E-state index contributed by atoms with van der Waals surface area (Å²) < 4.78 is 30.4. The molecule has 2 aromatic heterocycles. The fraction of sp³-hybridized carbons (Fsp3) is 0.0526. The first-order valence-electron chi connectivity index (χ1n) is 8.29. The van der Waals surface area contributed by atoms with E-state index in [4.69, 9.17) is 0 Å². The number of hydrogen-bond acceptors (Lipinski definition) is 6. The van der Waals surface area contributed by atoms with Crippen LogP contribution in [0.3, 0.4) is 0 Å². The molecule has 0 fully saturated rings. The third-order valence-corrected chi connectivity index (χ3v) is 3.86. The van der Waals surface area contributed by atoms with Gasteiger partial charge in [-0.15, -0.1) is 0 Å². The van der Waals surface area contributed by atoms with Gasteiger partial charge in [0.15, 0.2) is 11.5 Å². The first kappa shape index (κ1) is 17.5. The molecule has 7 nitrogen and oxygen atoms in total. The van der Waals surface area contributed by atoms with Gasteiger partial charge in [-0.1, -0.05) is 18.2 Å². The van der Waals surface area contributed by atoms with E-state index in [0.29, 0.717) is 22.4 Å². The molecule has 0 aliphatic rings. The predicted octanol–water partition coefficient (Wildman–Crippen LogP) is 3.86. The first-order valence-corrected chi connectivity index (χ1v) is 8.29. The van der Waals surface area contributed by atoms with Crippen LogP contribution in [0.4, 0.5) is 14.6 Å². The summed E-state index contributed by atoms with van der Waals surface area (Å²) in [6, 6.07) is 15.8. The highest BCUT2D eigenvalue weighted by Crippen LogP contribution is 2.21. The number of alkyl halides is 2. The summed E-state index contributed by atoms with van der Waals surface area (Å²) in [5.74, 6) is 0.590. The molecule has 9 heteroatoms.